The molecule has 0 amide bonds. The maximum absolute atomic E-state index is 12.6. The number of cyclic esters (lactones) is 1. The highest BCUT2D eigenvalue weighted by Crippen LogP contribution is 2.44. The van der Waals surface area contributed by atoms with Gasteiger partial charge in [0.05, 0.1) is 11.1 Å². The smallest absolute Gasteiger partial charge is 0.342 e. The topological polar surface area (TPSA) is 35.5 Å². The van der Waals surface area contributed by atoms with E-state index in [4.69, 9.17) is 9.47 Å². The molecule has 3 heteroatoms. The summed E-state index contributed by atoms with van der Waals surface area (Å²) in [6.45, 7) is 6.28. The van der Waals surface area contributed by atoms with Crippen LogP contribution in [0.3, 0.4) is 0 Å². The van der Waals surface area contributed by atoms with E-state index in [9.17, 15) is 4.79 Å². The Kier molecular flexibility index (Phi) is 4.23. The molecular formula is C24H22O3. The molecule has 0 aromatic heterocycles. The molecule has 1 aliphatic heterocycles. The van der Waals surface area contributed by atoms with Crippen LogP contribution in [0.25, 0.3) is 0 Å². The Morgan fingerprint density at radius 3 is 2.37 bits per heavy atom. The van der Waals surface area contributed by atoms with Crippen molar-refractivity contribution in [2.24, 2.45) is 0 Å². The lowest BCUT2D eigenvalue weighted by molar-refractivity contribution is -0.109. The number of carbonyl (C=O) groups is 1. The van der Waals surface area contributed by atoms with Crippen LogP contribution in [0, 0.1) is 6.92 Å². The van der Waals surface area contributed by atoms with Gasteiger partial charge in [-0.2, -0.15) is 0 Å². The van der Waals surface area contributed by atoms with Crippen LogP contribution in [0.15, 0.2) is 72.8 Å². The van der Waals surface area contributed by atoms with Crippen LogP contribution in [0.1, 0.15) is 52.4 Å². The lowest BCUT2D eigenvalue weighted by Crippen LogP contribution is -2.35. The van der Waals surface area contributed by atoms with E-state index in [1.807, 2.05) is 61.5 Å². The van der Waals surface area contributed by atoms with Crippen LogP contribution < -0.4 is 4.74 Å². The van der Waals surface area contributed by atoms with Crippen LogP contribution in [0.5, 0.6) is 5.75 Å². The average Bonchev–Trinajstić information content (AvgIpc) is 2.96. The predicted octanol–water partition coefficient (Wildman–Crippen LogP) is 5.57. The number of esters is 1. The van der Waals surface area contributed by atoms with Gasteiger partial charge in [-0.15, -0.1) is 0 Å². The van der Waals surface area contributed by atoms with Gasteiger partial charge in [0.2, 0.25) is 0 Å². The quantitative estimate of drug-likeness (QED) is 0.572. The van der Waals surface area contributed by atoms with Gasteiger partial charge >= 0.3 is 11.8 Å². The first-order valence-corrected chi connectivity index (χ1v) is 9.19. The minimum atomic E-state index is -1.29. The van der Waals surface area contributed by atoms with Crippen molar-refractivity contribution < 1.29 is 14.3 Å². The Hall–Kier alpha value is -3.07. The van der Waals surface area contributed by atoms with Gasteiger partial charge in [-0.05, 0) is 42.2 Å². The van der Waals surface area contributed by atoms with Gasteiger partial charge in [0.15, 0.2) is 0 Å². The highest BCUT2D eigenvalue weighted by Gasteiger charge is 2.49. The molecule has 0 saturated carbocycles. The first-order valence-electron chi connectivity index (χ1n) is 9.19. The Balaban J connectivity index is 1.93. The Bertz CT molecular complexity index is 992. The van der Waals surface area contributed by atoms with Crippen molar-refractivity contribution in [3.8, 4) is 5.75 Å². The molecule has 3 nitrogen and oxygen atoms in total. The summed E-state index contributed by atoms with van der Waals surface area (Å²) < 4.78 is 12.5. The monoisotopic (exact) mass is 358 g/mol. The second-order valence-electron chi connectivity index (χ2n) is 7.22. The molecule has 136 valence electrons. The number of hydrogen-bond donors (Lipinski definition) is 0. The van der Waals surface area contributed by atoms with E-state index in [-0.39, 0.29) is 11.9 Å². The van der Waals surface area contributed by atoms with Crippen molar-refractivity contribution in [2.75, 3.05) is 0 Å². The SMILES string of the molecule is Cc1ccc(C(C)C)c(O[C@]2(c3ccccc3)OC(=O)c3ccccc32)c1. The molecule has 0 unspecified atom stereocenters. The van der Waals surface area contributed by atoms with Crippen molar-refractivity contribution in [3.05, 3.63) is 101 Å². The van der Waals surface area contributed by atoms with Crippen molar-refractivity contribution in [3.63, 3.8) is 0 Å². The molecule has 0 saturated heterocycles. The zero-order valence-electron chi connectivity index (χ0n) is 15.7. The minimum Gasteiger partial charge on any atom is -0.444 e. The van der Waals surface area contributed by atoms with E-state index >= 15 is 0 Å². The zero-order chi connectivity index (χ0) is 19.0. The summed E-state index contributed by atoms with van der Waals surface area (Å²) in [7, 11) is 0. The molecule has 0 fully saturated rings. The third-order valence-corrected chi connectivity index (χ3v) is 4.94. The molecule has 3 aromatic carbocycles. The summed E-state index contributed by atoms with van der Waals surface area (Å²) >= 11 is 0. The van der Waals surface area contributed by atoms with E-state index in [0.29, 0.717) is 5.56 Å². The highest BCUT2D eigenvalue weighted by molar-refractivity contribution is 5.95. The number of aryl methyl sites for hydroxylation is 1. The van der Waals surface area contributed by atoms with E-state index in [2.05, 4.69) is 26.0 Å². The van der Waals surface area contributed by atoms with Gasteiger partial charge in [-0.1, -0.05) is 68.4 Å². The minimum absolute atomic E-state index is 0.278. The Morgan fingerprint density at radius 2 is 1.63 bits per heavy atom. The van der Waals surface area contributed by atoms with Crippen LogP contribution in [-0.2, 0) is 10.5 Å². The van der Waals surface area contributed by atoms with E-state index in [0.717, 1.165) is 28.0 Å². The first kappa shape index (κ1) is 17.3. The van der Waals surface area contributed by atoms with Crippen LogP contribution in [0.4, 0.5) is 0 Å². The summed E-state index contributed by atoms with van der Waals surface area (Å²) in [4.78, 5) is 12.6. The lowest BCUT2D eigenvalue weighted by atomic mass is 9.94. The van der Waals surface area contributed by atoms with E-state index < -0.39 is 5.79 Å². The molecule has 1 atom stereocenters. The predicted molar refractivity (Wildman–Crippen MR) is 105 cm³/mol. The molecule has 0 radical (unpaired) electrons. The average molecular weight is 358 g/mol. The molecule has 4 rings (SSSR count). The van der Waals surface area contributed by atoms with E-state index in [1.165, 1.54) is 0 Å². The van der Waals surface area contributed by atoms with Crippen molar-refractivity contribution >= 4 is 5.97 Å². The molecule has 27 heavy (non-hydrogen) atoms. The fraction of sp³-hybridized carbons (Fsp3) is 0.208. The first-order chi connectivity index (χ1) is 13.0. The maximum Gasteiger partial charge on any atom is 0.342 e. The number of benzene rings is 3. The molecule has 0 aliphatic carbocycles. The van der Waals surface area contributed by atoms with Crippen molar-refractivity contribution in [1.82, 2.24) is 0 Å². The van der Waals surface area contributed by atoms with E-state index in [1.54, 1.807) is 6.07 Å². The van der Waals surface area contributed by atoms with Crippen molar-refractivity contribution in [2.45, 2.75) is 32.5 Å². The Labute approximate surface area is 159 Å². The Morgan fingerprint density at radius 1 is 0.926 bits per heavy atom. The van der Waals surface area contributed by atoms with Crippen LogP contribution in [0.2, 0.25) is 0 Å². The third-order valence-electron chi connectivity index (χ3n) is 4.94. The normalized spacial score (nSPS) is 18.3. The van der Waals surface area contributed by atoms with Gasteiger partial charge < -0.3 is 9.47 Å². The number of rotatable bonds is 4. The zero-order valence-corrected chi connectivity index (χ0v) is 15.7. The fourth-order valence-electron chi connectivity index (χ4n) is 3.56. The summed E-state index contributed by atoms with van der Waals surface area (Å²) in [5, 5.41) is 0. The van der Waals surface area contributed by atoms with Gasteiger partial charge in [-0.25, -0.2) is 4.79 Å². The van der Waals surface area contributed by atoms with Gasteiger partial charge in [0.25, 0.3) is 0 Å². The summed E-state index contributed by atoms with van der Waals surface area (Å²) in [5.74, 6) is -0.640. The highest BCUT2D eigenvalue weighted by atomic mass is 16.7. The number of carbonyl (C=O) groups excluding carboxylic acids is 1. The summed E-state index contributed by atoms with van der Waals surface area (Å²) in [6.07, 6.45) is 0. The van der Waals surface area contributed by atoms with Crippen molar-refractivity contribution in [1.29, 1.82) is 0 Å². The molecule has 1 heterocycles. The number of ether oxygens (including phenoxy) is 2. The largest absolute Gasteiger partial charge is 0.444 e. The number of hydrogen-bond acceptors (Lipinski definition) is 3. The van der Waals surface area contributed by atoms with Crippen LogP contribution >= 0.6 is 0 Å². The van der Waals surface area contributed by atoms with Gasteiger partial charge in [-0.3, -0.25) is 0 Å². The fourth-order valence-corrected chi connectivity index (χ4v) is 3.56. The summed E-state index contributed by atoms with van der Waals surface area (Å²) in [5.41, 5.74) is 4.24. The second-order valence-corrected chi connectivity index (χ2v) is 7.22. The summed E-state index contributed by atoms with van der Waals surface area (Å²) in [6, 6.07) is 23.2. The maximum atomic E-state index is 12.6. The number of fused-ring (bicyclic) bond motifs is 1. The molecule has 1 aliphatic rings. The molecule has 0 spiro atoms. The third kappa shape index (κ3) is 2.89. The van der Waals surface area contributed by atoms with Gasteiger partial charge in [0.1, 0.15) is 5.75 Å². The molecule has 0 N–H and O–H groups in total. The lowest BCUT2D eigenvalue weighted by Gasteiger charge is -2.31. The van der Waals surface area contributed by atoms with Crippen LogP contribution in [-0.4, -0.2) is 5.97 Å². The molecule has 3 aromatic rings. The second kappa shape index (κ2) is 6.58. The molecule has 0 bridgehead atoms. The standard InChI is InChI=1S/C24H22O3/c1-16(2)19-14-13-17(3)15-22(19)26-24(18-9-5-4-6-10-18)21-12-8-7-11-20(21)23(25)27-24/h4-16H,1-3H3/t24-/m1/s1. The molecular weight excluding hydrogens is 336 g/mol. The van der Waals surface area contributed by atoms with Gasteiger partial charge in [0, 0.05) is 5.56 Å².